The summed E-state index contributed by atoms with van der Waals surface area (Å²) in [5.41, 5.74) is 1.50. The minimum Gasteiger partial charge on any atom is -0.388 e. The average molecular weight is 232 g/mol. The summed E-state index contributed by atoms with van der Waals surface area (Å²) >= 11 is 0. The fraction of sp³-hybridized carbons (Fsp3) is 0.167. The van der Waals surface area contributed by atoms with Crippen molar-refractivity contribution < 1.29 is 10.0 Å². The van der Waals surface area contributed by atoms with Gasteiger partial charge in [-0.2, -0.15) is 0 Å². The van der Waals surface area contributed by atoms with Gasteiger partial charge < -0.3 is 15.2 Å². The molecule has 1 aromatic carbocycles. The number of rotatable bonds is 4. The van der Waals surface area contributed by atoms with Gasteiger partial charge >= 0.3 is 5.82 Å². The van der Waals surface area contributed by atoms with Crippen LogP contribution in [0.2, 0.25) is 0 Å². The van der Waals surface area contributed by atoms with Crippen LogP contribution in [0.3, 0.4) is 0 Å². The van der Waals surface area contributed by atoms with Crippen LogP contribution in [0, 0.1) is 10.1 Å². The van der Waals surface area contributed by atoms with E-state index in [4.69, 9.17) is 5.11 Å². The monoisotopic (exact) mass is 232 g/mol. The van der Waals surface area contributed by atoms with Gasteiger partial charge in [-0.1, -0.05) is 30.3 Å². The maximum Gasteiger partial charge on any atom is 0.323 e. The first-order valence-corrected chi connectivity index (χ1v) is 5.20. The van der Waals surface area contributed by atoms with E-state index in [-0.39, 0.29) is 12.4 Å². The van der Waals surface area contributed by atoms with Crippen LogP contribution >= 0.6 is 0 Å². The molecule has 0 bridgehead atoms. The number of hydrogen-bond donors (Lipinski definition) is 1. The Balaban J connectivity index is 2.37. The zero-order chi connectivity index (χ0) is 12.3. The number of hydrogen-bond acceptors (Lipinski definition) is 3. The van der Waals surface area contributed by atoms with Gasteiger partial charge in [0.25, 0.3) is 0 Å². The van der Waals surface area contributed by atoms with E-state index in [1.165, 1.54) is 10.6 Å². The maximum atomic E-state index is 10.8. The van der Waals surface area contributed by atoms with Crippen molar-refractivity contribution in [2.45, 2.75) is 13.2 Å². The molecule has 0 unspecified atom stereocenters. The van der Waals surface area contributed by atoms with Gasteiger partial charge in [-0.25, -0.2) is 4.57 Å². The van der Waals surface area contributed by atoms with E-state index in [0.29, 0.717) is 12.2 Å². The lowest BCUT2D eigenvalue weighted by atomic mass is 10.2. The van der Waals surface area contributed by atoms with Crippen molar-refractivity contribution >= 4 is 5.82 Å². The van der Waals surface area contributed by atoms with Gasteiger partial charge in [0.05, 0.1) is 0 Å². The molecule has 0 aliphatic rings. The quantitative estimate of drug-likeness (QED) is 0.647. The normalized spacial score (nSPS) is 10.4. The zero-order valence-electron chi connectivity index (χ0n) is 9.11. The molecular formula is C12H12N2O3. The van der Waals surface area contributed by atoms with Crippen LogP contribution in [0.25, 0.3) is 0 Å². The highest BCUT2D eigenvalue weighted by molar-refractivity contribution is 5.29. The Morgan fingerprint density at radius 2 is 1.88 bits per heavy atom. The standard InChI is InChI=1S/C12H12N2O3/c15-9-11-6-7-12(14(16)17)13(11)8-10-4-2-1-3-5-10/h1-7,15H,8-9H2. The van der Waals surface area contributed by atoms with Crippen molar-refractivity contribution in [1.29, 1.82) is 0 Å². The smallest absolute Gasteiger partial charge is 0.323 e. The van der Waals surface area contributed by atoms with Crippen LogP contribution < -0.4 is 0 Å². The minimum atomic E-state index is -0.442. The van der Waals surface area contributed by atoms with Crippen molar-refractivity contribution in [3.63, 3.8) is 0 Å². The first-order chi connectivity index (χ1) is 8.22. The van der Waals surface area contributed by atoms with Crippen LogP contribution in [0.5, 0.6) is 0 Å². The third-order valence-electron chi connectivity index (χ3n) is 2.58. The Bertz CT molecular complexity index is 520. The van der Waals surface area contributed by atoms with E-state index >= 15 is 0 Å². The topological polar surface area (TPSA) is 68.3 Å². The molecule has 5 nitrogen and oxygen atoms in total. The Morgan fingerprint density at radius 3 is 2.47 bits per heavy atom. The van der Waals surface area contributed by atoms with Gasteiger partial charge in [0, 0.05) is 6.07 Å². The highest BCUT2D eigenvalue weighted by Gasteiger charge is 2.17. The predicted octanol–water partition coefficient (Wildman–Crippen LogP) is 1.94. The fourth-order valence-electron chi connectivity index (χ4n) is 1.74. The third-order valence-corrected chi connectivity index (χ3v) is 2.58. The summed E-state index contributed by atoms with van der Waals surface area (Å²) in [5.74, 6) is -0.00194. The fourth-order valence-corrected chi connectivity index (χ4v) is 1.74. The Hall–Kier alpha value is -2.14. The Kier molecular flexibility index (Phi) is 3.20. The molecule has 1 aromatic heterocycles. The Morgan fingerprint density at radius 1 is 1.18 bits per heavy atom. The Labute approximate surface area is 98.1 Å². The SMILES string of the molecule is O=[N+]([O-])c1ccc(CO)n1Cc1ccccc1. The lowest BCUT2D eigenvalue weighted by Gasteiger charge is -2.04. The molecule has 88 valence electrons. The molecule has 0 fully saturated rings. The second-order valence-electron chi connectivity index (χ2n) is 3.67. The number of aliphatic hydroxyl groups excluding tert-OH is 1. The molecule has 0 atom stereocenters. The van der Waals surface area contributed by atoms with Crippen LogP contribution in [0.4, 0.5) is 5.82 Å². The lowest BCUT2D eigenvalue weighted by molar-refractivity contribution is -0.392. The van der Waals surface area contributed by atoms with Crippen molar-refractivity contribution in [3.05, 3.63) is 63.8 Å². The van der Waals surface area contributed by atoms with Gasteiger partial charge in [-0.05, 0) is 16.6 Å². The highest BCUT2D eigenvalue weighted by atomic mass is 16.6. The third kappa shape index (κ3) is 2.34. The average Bonchev–Trinajstić information content (AvgIpc) is 2.73. The number of nitro groups is 1. The molecule has 0 amide bonds. The van der Waals surface area contributed by atoms with Crippen molar-refractivity contribution in [2.24, 2.45) is 0 Å². The summed E-state index contributed by atoms with van der Waals surface area (Å²) in [6.07, 6.45) is 0. The molecule has 0 radical (unpaired) electrons. The molecule has 0 aliphatic carbocycles. The summed E-state index contributed by atoms with van der Waals surface area (Å²) in [6.45, 7) is 0.181. The van der Waals surface area contributed by atoms with Gasteiger partial charge in [0.15, 0.2) is 0 Å². The molecule has 1 N–H and O–H groups in total. The van der Waals surface area contributed by atoms with E-state index in [1.807, 2.05) is 30.3 Å². The van der Waals surface area contributed by atoms with Crippen molar-refractivity contribution in [1.82, 2.24) is 4.57 Å². The molecule has 0 saturated carbocycles. The van der Waals surface area contributed by atoms with Crippen LogP contribution in [0.15, 0.2) is 42.5 Å². The van der Waals surface area contributed by atoms with E-state index in [1.54, 1.807) is 6.07 Å². The summed E-state index contributed by atoms with van der Waals surface area (Å²) in [7, 11) is 0. The number of benzene rings is 1. The summed E-state index contributed by atoms with van der Waals surface area (Å²) in [6, 6.07) is 12.4. The van der Waals surface area contributed by atoms with Crippen molar-refractivity contribution in [2.75, 3.05) is 0 Å². The molecule has 0 spiro atoms. The minimum absolute atomic E-state index is 0.00194. The number of nitrogens with zero attached hydrogens (tertiary/aromatic N) is 2. The van der Waals surface area contributed by atoms with E-state index in [9.17, 15) is 10.1 Å². The maximum absolute atomic E-state index is 10.8. The van der Waals surface area contributed by atoms with Gasteiger partial charge in [-0.3, -0.25) is 0 Å². The molecule has 17 heavy (non-hydrogen) atoms. The highest BCUT2D eigenvalue weighted by Crippen LogP contribution is 2.19. The molecule has 0 saturated heterocycles. The van der Waals surface area contributed by atoms with E-state index in [0.717, 1.165) is 5.56 Å². The summed E-state index contributed by atoms with van der Waals surface area (Å²) < 4.78 is 1.51. The zero-order valence-corrected chi connectivity index (χ0v) is 9.11. The second-order valence-corrected chi connectivity index (χ2v) is 3.67. The van der Waals surface area contributed by atoms with Gasteiger partial charge in [-0.15, -0.1) is 0 Å². The molecule has 2 aromatic rings. The predicted molar refractivity (Wildman–Crippen MR) is 62.6 cm³/mol. The molecular weight excluding hydrogens is 220 g/mol. The molecule has 1 heterocycles. The van der Waals surface area contributed by atoms with Crippen LogP contribution in [-0.2, 0) is 13.2 Å². The summed E-state index contributed by atoms with van der Waals surface area (Å²) in [5, 5.41) is 20.0. The van der Waals surface area contributed by atoms with Crippen molar-refractivity contribution in [3.8, 4) is 0 Å². The molecule has 5 heteroatoms. The van der Waals surface area contributed by atoms with E-state index in [2.05, 4.69) is 0 Å². The van der Waals surface area contributed by atoms with Gasteiger partial charge in [0.2, 0.25) is 0 Å². The summed E-state index contributed by atoms with van der Waals surface area (Å²) in [4.78, 5) is 10.4. The lowest BCUT2D eigenvalue weighted by Crippen LogP contribution is -2.07. The van der Waals surface area contributed by atoms with Crippen LogP contribution in [-0.4, -0.2) is 14.6 Å². The number of aromatic nitrogens is 1. The second kappa shape index (κ2) is 4.80. The largest absolute Gasteiger partial charge is 0.388 e. The van der Waals surface area contributed by atoms with Crippen LogP contribution in [0.1, 0.15) is 11.3 Å². The van der Waals surface area contributed by atoms with E-state index < -0.39 is 4.92 Å². The van der Waals surface area contributed by atoms with Gasteiger partial charge in [0.1, 0.15) is 18.8 Å². The number of aliphatic hydroxyl groups is 1. The molecule has 0 aliphatic heterocycles. The first-order valence-electron chi connectivity index (χ1n) is 5.20. The first kappa shape index (κ1) is 11.3. The molecule has 2 rings (SSSR count).